The van der Waals surface area contributed by atoms with E-state index in [0.29, 0.717) is 17.7 Å². The molecule has 2 rings (SSSR count). The second kappa shape index (κ2) is 8.87. The highest BCUT2D eigenvalue weighted by molar-refractivity contribution is 14.0. The van der Waals surface area contributed by atoms with Crippen LogP contribution in [0, 0.1) is 12.8 Å². The molecule has 0 radical (unpaired) electrons. The number of aryl methyl sites for hydroxylation is 1. The molecule has 0 amide bonds. The van der Waals surface area contributed by atoms with Crippen LogP contribution in [-0.2, 0) is 6.54 Å². The number of nitrogens with one attached hydrogen (secondary N) is 1. The van der Waals surface area contributed by atoms with Crippen molar-refractivity contribution in [3.63, 3.8) is 0 Å². The van der Waals surface area contributed by atoms with Crippen molar-refractivity contribution in [2.75, 3.05) is 25.9 Å². The van der Waals surface area contributed by atoms with Crippen molar-refractivity contribution in [1.29, 1.82) is 0 Å². The first-order valence-corrected chi connectivity index (χ1v) is 8.14. The van der Waals surface area contributed by atoms with Gasteiger partial charge in [0.2, 0.25) is 0 Å². The highest BCUT2D eigenvalue weighted by Gasteiger charge is 2.24. The predicted molar refractivity (Wildman–Crippen MR) is 99.5 cm³/mol. The lowest BCUT2D eigenvalue weighted by Gasteiger charge is -2.36. The van der Waals surface area contributed by atoms with Gasteiger partial charge in [0, 0.05) is 37.2 Å². The molecule has 2 heterocycles. The fourth-order valence-corrected chi connectivity index (χ4v) is 3.57. The quantitative estimate of drug-likeness (QED) is 0.460. The molecule has 7 heteroatoms. The van der Waals surface area contributed by atoms with E-state index in [1.807, 2.05) is 20.0 Å². The highest BCUT2D eigenvalue weighted by Crippen LogP contribution is 2.24. The summed E-state index contributed by atoms with van der Waals surface area (Å²) in [6.45, 7) is 9.23. The Morgan fingerprint density at radius 2 is 2.38 bits per heavy atom. The van der Waals surface area contributed by atoms with Crippen molar-refractivity contribution >= 4 is 41.7 Å². The fraction of sp³-hybridized carbons (Fsp3) is 0.714. The van der Waals surface area contributed by atoms with Crippen molar-refractivity contribution in [2.24, 2.45) is 10.9 Å². The molecular formula is C14H25IN4OS. The first kappa shape index (κ1) is 18.6. The summed E-state index contributed by atoms with van der Waals surface area (Å²) in [5.41, 5.74) is 0.908. The largest absolute Gasteiger partial charge is 0.359 e. The van der Waals surface area contributed by atoms with Crippen LogP contribution in [0.25, 0.3) is 0 Å². The molecule has 1 aromatic rings. The summed E-state index contributed by atoms with van der Waals surface area (Å²) in [7, 11) is 1.83. The zero-order valence-electron chi connectivity index (χ0n) is 13.1. The van der Waals surface area contributed by atoms with Crippen molar-refractivity contribution in [2.45, 2.75) is 32.6 Å². The van der Waals surface area contributed by atoms with Crippen molar-refractivity contribution in [1.82, 2.24) is 15.4 Å². The molecule has 5 nitrogen and oxygen atoms in total. The van der Waals surface area contributed by atoms with Crippen LogP contribution in [0.1, 0.15) is 25.3 Å². The molecular weight excluding hydrogens is 399 g/mol. The van der Waals surface area contributed by atoms with Gasteiger partial charge in [0.15, 0.2) is 11.7 Å². The maximum Gasteiger partial charge on any atom is 0.194 e. The molecule has 0 saturated carbocycles. The summed E-state index contributed by atoms with van der Waals surface area (Å²) >= 11 is 2.07. The first-order valence-electron chi connectivity index (χ1n) is 7.09. The number of thioether (sulfide) groups is 1. The summed E-state index contributed by atoms with van der Waals surface area (Å²) in [6.07, 6.45) is 0. The van der Waals surface area contributed by atoms with E-state index in [4.69, 9.17) is 4.52 Å². The van der Waals surface area contributed by atoms with E-state index < -0.39 is 0 Å². The Bertz CT molecular complexity index is 464. The van der Waals surface area contributed by atoms with Crippen LogP contribution < -0.4 is 5.32 Å². The Morgan fingerprint density at radius 3 is 2.95 bits per heavy atom. The third-order valence-corrected chi connectivity index (χ3v) is 4.99. The maximum absolute atomic E-state index is 5.22. The monoisotopic (exact) mass is 424 g/mol. The van der Waals surface area contributed by atoms with E-state index in [0.717, 1.165) is 36.3 Å². The van der Waals surface area contributed by atoms with Crippen molar-refractivity contribution in [3.05, 3.63) is 17.5 Å². The lowest BCUT2D eigenvalue weighted by atomic mass is 10.1. The first-order chi connectivity index (χ1) is 9.60. The summed E-state index contributed by atoms with van der Waals surface area (Å²) in [5, 5.41) is 7.93. The van der Waals surface area contributed by atoms with Crippen LogP contribution in [0.15, 0.2) is 15.6 Å². The summed E-state index contributed by atoms with van der Waals surface area (Å²) in [4.78, 5) is 6.73. The minimum atomic E-state index is 0. The van der Waals surface area contributed by atoms with Crippen LogP contribution in [0.2, 0.25) is 0 Å². The van der Waals surface area contributed by atoms with Gasteiger partial charge in [0.05, 0.1) is 12.2 Å². The van der Waals surface area contributed by atoms with Crippen LogP contribution in [0.4, 0.5) is 0 Å². The van der Waals surface area contributed by atoms with Crippen LogP contribution in [0.3, 0.4) is 0 Å². The van der Waals surface area contributed by atoms with Gasteiger partial charge in [-0.25, -0.2) is 0 Å². The third-order valence-electron chi connectivity index (χ3n) is 3.45. The Balaban J connectivity index is 0.00000220. The predicted octanol–water partition coefficient (Wildman–Crippen LogP) is 2.75. The van der Waals surface area contributed by atoms with Crippen LogP contribution in [0.5, 0.6) is 0 Å². The average molecular weight is 424 g/mol. The third kappa shape index (κ3) is 5.36. The molecule has 1 N–H and O–H groups in total. The summed E-state index contributed by atoms with van der Waals surface area (Å²) < 4.78 is 5.22. The molecule has 0 bridgehead atoms. The van der Waals surface area contributed by atoms with Gasteiger partial charge >= 0.3 is 0 Å². The van der Waals surface area contributed by atoms with Crippen LogP contribution in [-0.4, -0.2) is 47.2 Å². The molecule has 1 aliphatic rings. The number of rotatable bonds is 3. The second-order valence-corrected chi connectivity index (χ2v) is 6.78. The molecule has 0 aromatic carbocycles. The zero-order chi connectivity index (χ0) is 14.5. The van der Waals surface area contributed by atoms with Gasteiger partial charge in [0.1, 0.15) is 0 Å². The molecule has 1 saturated heterocycles. The van der Waals surface area contributed by atoms with E-state index in [2.05, 4.69) is 46.0 Å². The standard InChI is InChI=1S/C14H24N4OS.HI/c1-10(2)13-9-18(5-6-20-13)14(15-4)16-8-12-7-11(3)17-19-12;/h7,10,13H,5-6,8-9H2,1-4H3,(H,15,16);1H. The minimum absolute atomic E-state index is 0. The molecule has 1 aromatic heterocycles. The van der Waals surface area contributed by atoms with Crippen LogP contribution >= 0.6 is 35.7 Å². The molecule has 1 atom stereocenters. The molecule has 0 spiro atoms. The Kier molecular flexibility index (Phi) is 7.86. The maximum atomic E-state index is 5.22. The summed E-state index contributed by atoms with van der Waals surface area (Å²) in [5.74, 6) is 3.64. The Labute approximate surface area is 148 Å². The smallest absolute Gasteiger partial charge is 0.194 e. The SMILES string of the molecule is CN=C(NCc1cc(C)no1)N1CCSC(C(C)C)C1.I. The molecule has 120 valence electrons. The number of aliphatic imine (C=N–C) groups is 1. The van der Waals surface area contributed by atoms with Gasteiger partial charge in [-0.2, -0.15) is 11.8 Å². The number of hydrogen-bond acceptors (Lipinski definition) is 4. The van der Waals surface area contributed by atoms with Gasteiger partial charge < -0.3 is 14.7 Å². The van der Waals surface area contributed by atoms with E-state index in [1.165, 1.54) is 0 Å². The normalized spacial score (nSPS) is 19.6. The molecule has 1 aliphatic heterocycles. The average Bonchev–Trinajstić information content (AvgIpc) is 2.85. The number of nitrogens with zero attached hydrogens (tertiary/aromatic N) is 3. The minimum Gasteiger partial charge on any atom is -0.359 e. The van der Waals surface area contributed by atoms with Gasteiger partial charge in [-0.05, 0) is 12.8 Å². The Morgan fingerprint density at radius 1 is 1.62 bits per heavy atom. The molecule has 0 aliphatic carbocycles. The highest BCUT2D eigenvalue weighted by atomic mass is 127. The summed E-state index contributed by atoms with van der Waals surface area (Å²) in [6, 6.07) is 1.95. The van der Waals surface area contributed by atoms with Gasteiger partial charge in [-0.15, -0.1) is 24.0 Å². The van der Waals surface area contributed by atoms with E-state index in [9.17, 15) is 0 Å². The van der Waals surface area contributed by atoms with E-state index >= 15 is 0 Å². The number of aromatic nitrogens is 1. The van der Waals surface area contributed by atoms with Gasteiger partial charge in [-0.3, -0.25) is 4.99 Å². The van der Waals surface area contributed by atoms with Crippen molar-refractivity contribution < 1.29 is 4.52 Å². The molecule has 21 heavy (non-hydrogen) atoms. The topological polar surface area (TPSA) is 53.7 Å². The van der Waals surface area contributed by atoms with Gasteiger partial charge in [-0.1, -0.05) is 19.0 Å². The van der Waals surface area contributed by atoms with E-state index in [-0.39, 0.29) is 24.0 Å². The molecule has 1 unspecified atom stereocenters. The number of hydrogen-bond donors (Lipinski definition) is 1. The Hall–Kier alpha value is -0.440. The zero-order valence-corrected chi connectivity index (χ0v) is 16.3. The number of halogens is 1. The van der Waals surface area contributed by atoms with E-state index in [1.54, 1.807) is 0 Å². The second-order valence-electron chi connectivity index (χ2n) is 5.43. The fourth-order valence-electron chi connectivity index (χ4n) is 2.27. The number of guanidine groups is 1. The van der Waals surface area contributed by atoms with Gasteiger partial charge in [0.25, 0.3) is 0 Å². The van der Waals surface area contributed by atoms with Crippen molar-refractivity contribution in [3.8, 4) is 0 Å². The molecule has 1 fully saturated rings. The lowest BCUT2D eigenvalue weighted by Crippen LogP contribution is -2.48. The lowest BCUT2D eigenvalue weighted by molar-refractivity contribution is 0.361.